The summed E-state index contributed by atoms with van der Waals surface area (Å²) in [6.07, 6.45) is 7.16. The minimum Gasteiger partial charge on any atom is -0.356 e. The van der Waals surface area contributed by atoms with E-state index in [2.05, 4.69) is 43.5 Å². The number of halogens is 2. The summed E-state index contributed by atoms with van der Waals surface area (Å²) in [5.74, 6) is -0.152. The third-order valence-corrected chi connectivity index (χ3v) is 6.99. The van der Waals surface area contributed by atoms with Crippen LogP contribution in [0.25, 0.3) is 22.4 Å². The standard InChI is InChI=1S/C29H31FIN5O2/c1-4-32-29(38)35-28(31)34-27-18(2)13-21(15-24(27)25-7-5-6-12-33-25)22-14-19(3)36(26(37)16-22)17-20-8-10-23(30)11-9-20/h5-8,10-16,20,28,34H,4,9,17H2,1-3H3,(H2,32,35,38). The SMILES string of the molecule is CCNC(=O)NC(I)Nc1c(C)cc(-c2cc(C)n(CC3C=CC(F)=CC3)c(=O)c2)cc1-c1ccccn1. The Morgan fingerprint density at radius 3 is 2.66 bits per heavy atom. The minimum atomic E-state index is -0.366. The molecular formula is C29H31FIN5O2. The van der Waals surface area contributed by atoms with Crippen LogP contribution in [0.15, 0.2) is 77.5 Å². The van der Waals surface area contributed by atoms with Crippen molar-refractivity contribution in [2.45, 2.75) is 37.9 Å². The first kappa shape index (κ1) is 27.6. The Labute approximate surface area is 235 Å². The number of hydrogen-bond donors (Lipinski definition) is 3. The number of pyridine rings is 2. The van der Waals surface area contributed by atoms with Crippen LogP contribution in [0.4, 0.5) is 14.9 Å². The molecule has 38 heavy (non-hydrogen) atoms. The van der Waals surface area contributed by atoms with Crippen molar-refractivity contribution < 1.29 is 9.18 Å². The molecule has 1 aliphatic rings. The molecule has 3 N–H and O–H groups in total. The summed E-state index contributed by atoms with van der Waals surface area (Å²) in [4.78, 5) is 29.7. The molecule has 4 rings (SSSR count). The second kappa shape index (κ2) is 12.4. The lowest BCUT2D eigenvalue weighted by molar-refractivity contribution is 0.241. The number of anilines is 1. The summed E-state index contributed by atoms with van der Waals surface area (Å²) >= 11 is 2.13. The highest BCUT2D eigenvalue weighted by atomic mass is 127. The van der Waals surface area contributed by atoms with Crippen LogP contribution in [-0.4, -0.2) is 26.3 Å². The van der Waals surface area contributed by atoms with E-state index < -0.39 is 0 Å². The molecule has 0 radical (unpaired) electrons. The molecular weight excluding hydrogens is 596 g/mol. The average molecular weight is 628 g/mol. The lowest BCUT2D eigenvalue weighted by Crippen LogP contribution is -2.42. The van der Waals surface area contributed by atoms with Gasteiger partial charge in [0.15, 0.2) is 4.17 Å². The molecule has 0 aliphatic heterocycles. The summed E-state index contributed by atoms with van der Waals surface area (Å²) < 4.78 is 14.7. The molecule has 0 fully saturated rings. The second-order valence-electron chi connectivity index (χ2n) is 9.22. The van der Waals surface area contributed by atoms with E-state index in [-0.39, 0.29) is 27.5 Å². The van der Waals surface area contributed by atoms with Gasteiger partial charge in [0.25, 0.3) is 5.56 Å². The van der Waals surface area contributed by atoms with Crippen LogP contribution in [0.1, 0.15) is 24.6 Å². The number of carbonyl (C=O) groups is 1. The van der Waals surface area contributed by atoms with Crippen molar-refractivity contribution in [1.29, 1.82) is 0 Å². The number of rotatable bonds is 8. The van der Waals surface area contributed by atoms with Crippen LogP contribution < -0.4 is 21.5 Å². The van der Waals surface area contributed by atoms with Crippen molar-refractivity contribution in [3.63, 3.8) is 0 Å². The summed E-state index contributed by atoms with van der Waals surface area (Å²) in [7, 11) is 0. The highest BCUT2D eigenvalue weighted by Gasteiger charge is 2.18. The van der Waals surface area contributed by atoms with Gasteiger partial charge in [0.05, 0.1) is 5.69 Å². The molecule has 1 aliphatic carbocycles. The van der Waals surface area contributed by atoms with Crippen molar-refractivity contribution in [2.24, 2.45) is 5.92 Å². The zero-order chi connectivity index (χ0) is 27.2. The molecule has 2 atom stereocenters. The Kier molecular flexibility index (Phi) is 8.98. The summed E-state index contributed by atoms with van der Waals surface area (Å²) in [5, 5.41) is 9.00. The number of urea groups is 1. The maximum absolute atomic E-state index is 13.3. The zero-order valence-electron chi connectivity index (χ0n) is 21.6. The first-order valence-corrected chi connectivity index (χ1v) is 13.8. The number of aromatic nitrogens is 2. The molecule has 7 nitrogen and oxygen atoms in total. The van der Waals surface area contributed by atoms with Gasteiger partial charge in [-0.3, -0.25) is 9.78 Å². The number of aryl methyl sites for hydroxylation is 2. The molecule has 3 aromatic rings. The van der Waals surface area contributed by atoms with E-state index in [1.807, 2.05) is 63.2 Å². The van der Waals surface area contributed by atoms with Gasteiger partial charge in [-0.2, -0.15) is 0 Å². The Balaban J connectivity index is 1.69. The van der Waals surface area contributed by atoms with Crippen molar-refractivity contribution in [2.75, 3.05) is 11.9 Å². The van der Waals surface area contributed by atoms with Crippen LogP contribution in [0.5, 0.6) is 0 Å². The number of benzene rings is 1. The summed E-state index contributed by atoms with van der Waals surface area (Å²) in [6.45, 7) is 6.81. The summed E-state index contributed by atoms with van der Waals surface area (Å²) in [6, 6.07) is 13.2. The molecule has 9 heteroatoms. The fourth-order valence-corrected chi connectivity index (χ4v) is 5.09. The molecule has 2 heterocycles. The molecule has 2 aromatic heterocycles. The van der Waals surface area contributed by atoms with Crippen molar-refractivity contribution in [1.82, 2.24) is 20.2 Å². The Morgan fingerprint density at radius 1 is 1.21 bits per heavy atom. The molecule has 1 aromatic carbocycles. The van der Waals surface area contributed by atoms with Gasteiger partial charge in [0.1, 0.15) is 5.83 Å². The molecule has 198 valence electrons. The van der Waals surface area contributed by atoms with Gasteiger partial charge in [0, 0.05) is 42.3 Å². The van der Waals surface area contributed by atoms with E-state index in [9.17, 15) is 14.0 Å². The maximum Gasteiger partial charge on any atom is 0.316 e. The molecule has 2 amide bonds. The smallest absolute Gasteiger partial charge is 0.316 e. The van der Waals surface area contributed by atoms with Gasteiger partial charge in [-0.25, -0.2) is 9.18 Å². The number of hydrogen-bond acceptors (Lipinski definition) is 4. The van der Waals surface area contributed by atoms with E-state index in [4.69, 9.17) is 0 Å². The lowest BCUT2D eigenvalue weighted by atomic mass is 9.96. The van der Waals surface area contributed by atoms with Crippen molar-refractivity contribution >= 4 is 34.3 Å². The van der Waals surface area contributed by atoms with Crippen LogP contribution in [0.2, 0.25) is 0 Å². The quantitative estimate of drug-likeness (QED) is 0.122. The minimum absolute atomic E-state index is 0.0781. The van der Waals surface area contributed by atoms with Gasteiger partial charge < -0.3 is 20.5 Å². The van der Waals surface area contributed by atoms with Crippen molar-refractivity contribution in [3.05, 3.63) is 94.3 Å². The number of nitrogens with zero attached hydrogens (tertiary/aromatic N) is 2. The van der Waals surface area contributed by atoms with E-state index in [1.165, 1.54) is 6.08 Å². The van der Waals surface area contributed by atoms with Crippen LogP contribution in [-0.2, 0) is 6.54 Å². The number of carbonyl (C=O) groups excluding carboxylic acids is 1. The van der Waals surface area contributed by atoms with E-state index in [1.54, 1.807) is 22.9 Å². The second-order valence-corrected chi connectivity index (χ2v) is 10.5. The fourth-order valence-electron chi connectivity index (χ4n) is 4.50. The Bertz CT molecular complexity index is 1430. The summed E-state index contributed by atoms with van der Waals surface area (Å²) in [5.41, 5.74) is 5.88. The number of allylic oxidation sites excluding steroid dienone is 4. The topological polar surface area (TPSA) is 88.0 Å². The highest BCUT2D eigenvalue weighted by molar-refractivity contribution is 14.1. The molecule has 0 saturated heterocycles. The fraction of sp³-hybridized carbons (Fsp3) is 0.276. The third kappa shape index (κ3) is 6.69. The van der Waals surface area contributed by atoms with Gasteiger partial charge in [0.2, 0.25) is 0 Å². The van der Waals surface area contributed by atoms with Gasteiger partial charge in [-0.05, 0) is 115 Å². The van der Waals surface area contributed by atoms with Gasteiger partial charge >= 0.3 is 6.03 Å². The van der Waals surface area contributed by atoms with Gasteiger partial charge in [-0.15, -0.1) is 0 Å². The predicted molar refractivity (Wildman–Crippen MR) is 159 cm³/mol. The van der Waals surface area contributed by atoms with Crippen LogP contribution in [0, 0.1) is 19.8 Å². The first-order valence-electron chi connectivity index (χ1n) is 12.5. The van der Waals surface area contributed by atoms with E-state index in [0.29, 0.717) is 19.5 Å². The normalized spacial score (nSPS) is 15.5. The Hall–Kier alpha value is -3.47. The van der Waals surface area contributed by atoms with E-state index >= 15 is 0 Å². The predicted octanol–water partition coefficient (Wildman–Crippen LogP) is 6.07. The third-order valence-electron chi connectivity index (χ3n) is 6.37. The maximum atomic E-state index is 13.3. The Morgan fingerprint density at radius 2 is 2.00 bits per heavy atom. The number of alkyl halides is 1. The molecule has 0 spiro atoms. The van der Waals surface area contributed by atoms with Gasteiger partial charge in [-0.1, -0.05) is 12.1 Å². The largest absolute Gasteiger partial charge is 0.356 e. The van der Waals surface area contributed by atoms with Crippen LogP contribution >= 0.6 is 22.6 Å². The monoisotopic (exact) mass is 627 g/mol. The van der Waals surface area contributed by atoms with Crippen molar-refractivity contribution in [3.8, 4) is 22.4 Å². The molecule has 2 unspecified atom stereocenters. The van der Waals surface area contributed by atoms with E-state index in [0.717, 1.165) is 39.3 Å². The zero-order valence-corrected chi connectivity index (χ0v) is 23.8. The average Bonchev–Trinajstić information content (AvgIpc) is 2.88. The molecule has 0 bridgehead atoms. The number of nitrogens with one attached hydrogen (secondary N) is 3. The lowest BCUT2D eigenvalue weighted by Gasteiger charge is -2.22. The number of amides is 2. The van der Waals surface area contributed by atoms with Crippen LogP contribution in [0.3, 0.4) is 0 Å². The highest BCUT2D eigenvalue weighted by Crippen LogP contribution is 2.35. The molecule has 0 saturated carbocycles. The first-order chi connectivity index (χ1) is 18.2.